The van der Waals surface area contributed by atoms with Gasteiger partial charge in [0.25, 0.3) is 5.56 Å². The van der Waals surface area contributed by atoms with Gasteiger partial charge in [-0.1, -0.05) is 34.6 Å². The van der Waals surface area contributed by atoms with Crippen molar-refractivity contribution in [1.82, 2.24) is 20.1 Å². The van der Waals surface area contributed by atoms with Crippen LogP contribution in [0, 0.1) is 23.2 Å². The molecule has 180 valence electrons. The molecular formula is C24H34BrN5O3. The number of hydrogen-bond donors (Lipinski definition) is 2. The van der Waals surface area contributed by atoms with Gasteiger partial charge in [-0.05, 0) is 51.6 Å². The zero-order valence-electron chi connectivity index (χ0n) is 20.2. The van der Waals surface area contributed by atoms with Gasteiger partial charge >= 0.3 is 0 Å². The van der Waals surface area contributed by atoms with Crippen LogP contribution >= 0.6 is 15.9 Å². The minimum absolute atomic E-state index is 0.173. The number of pyridine rings is 1. The first-order chi connectivity index (χ1) is 15.6. The number of amides is 1. The van der Waals surface area contributed by atoms with Gasteiger partial charge in [-0.2, -0.15) is 5.10 Å². The first-order valence-corrected chi connectivity index (χ1v) is 12.1. The van der Waals surface area contributed by atoms with Crippen LogP contribution in [0.15, 0.2) is 33.9 Å². The second kappa shape index (κ2) is 10.2. The van der Waals surface area contributed by atoms with Crippen molar-refractivity contribution < 1.29 is 9.53 Å². The van der Waals surface area contributed by atoms with Crippen LogP contribution < -0.4 is 20.9 Å². The van der Waals surface area contributed by atoms with Gasteiger partial charge in [0.2, 0.25) is 5.91 Å². The Bertz CT molecular complexity index is 1050. The summed E-state index contributed by atoms with van der Waals surface area (Å²) in [5.74, 6) is 1.81. The molecule has 0 saturated heterocycles. The summed E-state index contributed by atoms with van der Waals surface area (Å²) in [7, 11) is 1.55. The lowest BCUT2D eigenvalue weighted by molar-refractivity contribution is -0.122. The second-order valence-corrected chi connectivity index (χ2v) is 10.4. The van der Waals surface area contributed by atoms with Crippen LogP contribution in [-0.2, 0) is 17.9 Å². The topological polar surface area (TPSA) is 98.1 Å². The van der Waals surface area contributed by atoms with E-state index in [2.05, 4.69) is 71.3 Å². The standard InChI is InChI=1S/C24H34BrN5O3/c1-14-9-18(15(2)16(3)24(14,4)5)29-19-11-28-30(23(32)22(19)25)13-21(31)27-10-17-7-8-26-12-20(17)33-6/h7-8,11-12,14-16,18,29H,9-10,13H2,1-6H3,(H,27,31)/t14-,15+,16+,18+/m0/s1. The molecule has 0 spiro atoms. The van der Waals surface area contributed by atoms with Gasteiger partial charge in [0.15, 0.2) is 0 Å². The lowest BCUT2D eigenvalue weighted by Crippen LogP contribution is -2.48. The molecule has 0 aromatic carbocycles. The number of halogens is 1. The van der Waals surface area contributed by atoms with Crippen molar-refractivity contribution in [2.24, 2.45) is 23.2 Å². The molecule has 9 heteroatoms. The number of ether oxygens (including phenoxy) is 1. The highest BCUT2D eigenvalue weighted by atomic mass is 79.9. The molecule has 1 fully saturated rings. The van der Waals surface area contributed by atoms with Crippen molar-refractivity contribution in [1.29, 1.82) is 0 Å². The maximum Gasteiger partial charge on any atom is 0.283 e. The van der Waals surface area contributed by atoms with E-state index in [1.54, 1.807) is 31.8 Å². The minimum Gasteiger partial charge on any atom is -0.495 e. The number of anilines is 1. The van der Waals surface area contributed by atoms with E-state index in [-0.39, 0.29) is 36.0 Å². The van der Waals surface area contributed by atoms with Crippen LogP contribution in [0.4, 0.5) is 5.69 Å². The normalized spacial score (nSPS) is 24.2. The fraction of sp³-hybridized carbons (Fsp3) is 0.583. The maximum absolute atomic E-state index is 12.9. The van der Waals surface area contributed by atoms with E-state index in [1.807, 2.05) is 0 Å². The first-order valence-electron chi connectivity index (χ1n) is 11.3. The Balaban J connectivity index is 1.66. The fourth-order valence-corrected chi connectivity index (χ4v) is 4.99. The predicted octanol–water partition coefficient (Wildman–Crippen LogP) is 3.84. The van der Waals surface area contributed by atoms with Gasteiger partial charge in [-0.3, -0.25) is 14.6 Å². The molecule has 0 radical (unpaired) electrons. The minimum atomic E-state index is -0.346. The molecule has 33 heavy (non-hydrogen) atoms. The smallest absolute Gasteiger partial charge is 0.283 e. The summed E-state index contributed by atoms with van der Waals surface area (Å²) in [6.07, 6.45) is 5.86. The zero-order valence-corrected chi connectivity index (χ0v) is 21.8. The van der Waals surface area contributed by atoms with Crippen molar-refractivity contribution in [2.45, 2.75) is 60.2 Å². The Morgan fingerprint density at radius 1 is 1.30 bits per heavy atom. The van der Waals surface area contributed by atoms with Crippen LogP contribution in [0.2, 0.25) is 0 Å². The number of carbonyl (C=O) groups is 1. The molecule has 0 bridgehead atoms. The lowest BCUT2D eigenvalue weighted by atomic mass is 9.58. The Hall–Kier alpha value is -2.42. The van der Waals surface area contributed by atoms with Crippen LogP contribution in [-0.4, -0.2) is 33.8 Å². The summed E-state index contributed by atoms with van der Waals surface area (Å²) >= 11 is 3.42. The second-order valence-electron chi connectivity index (χ2n) is 9.66. The zero-order chi connectivity index (χ0) is 24.3. The Labute approximate surface area is 203 Å². The highest BCUT2D eigenvalue weighted by Gasteiger charge is 2.43. The van der Waals surface area contributed by atoms with Gasteiger partial charge in [-0.15, -0.1) is 0 Å². The van der Waals surface area contributed by atoms with Gasteiger partial charge in [0.05, 0.1) is 25.2 Å². The van der Waals surface area contributed by atoms with Crippen molar-refractivity contribution in [2.75, 3.05) is 12.4 Å². The van der Waals surface area contributed by atoms with E-state index < -0.39 is 0 Å². The van der Waals surface area contributed by atoms with E-state index in [9.17, 15) is 9.59 Å². The monoisotopic (exact) mass is 519 g/mol. The summed E-state index contributed by atoms with van der Waals surface area (Å²) < 4.78 is 6.79. The van der Waals surface area contributed by atoms with Crippen molar-refractivity contribution in [3.8, 4) is 5.75 Å². The SMILES string of the molecule is COc1cnccc1CNC(=O)Cn1ncc(N[C@@H]2C[C@H](C)C(C)(C)[C@H](C)[C@H]2C)c(Br)c1=O. The average molecular weight is 520 g/mol. The quantitative estimate of drug-likeness (QED) is 0.576. The molecule has 1 amide bonds. The molecule has 2 aromatic rings. The highest BCUT2D eigenvalue weighted by molar-refractivity contribution is 9.10. The van der Waals surface area contributed by atoms with Crippen molar-refractivity contribution in [3.05, 3.63) is 45.0 Å². The third-order valence-corrected chi connectivity index (χ3v) is 8.43. The summed E-state index contributed by atoms with van der Waals surface area (Å²) in [5, 5.41) is 10.6. The van der Waals surface area contributed by atoms with E-state index in [4.69, 9.17) is 4.74 Å². The Morgan fingerprint density at radius 3 is 2.73 bits per heavy atom. The molecule has 0 unspecified atom stereocenters. The van der Waals surface area contributed by atoms with Gasteiger partial charge < -0.3 is 15.4 Å². The Kier molecular flexibility index (Phi) is 7.82. The van der Waals surface area contributed by atoms with Gasteiger partial charge in [-0.25, -0.2) is 4.68 Å². The third kappa shape index (κ3) is 5.39. The molecule has 1 saturated carbocycles. The summed E-state index contributed by atoms with van der Waals surface area (Å²) in [5.41, 5.74) is 1.38. The van der Waals surface area contributed by atoms with E-state index in [1.165, 1.54) is 0 Å². The maximum atomic E-state index is 12.9. The molecule has 8 nitrogen and oxygen atoms in total. The number of carbonyl (C=O) groups excluding carboxylic acids is 1. The molecule has 1 aliphatic rings. The van der Waals surface area contributed by atoms with Crippen molar-refractivity contribution >= 4 is 27.5 Å². The average Bonchev–Trinajstić information content (AvgIpc) is 2.80. The number of nitrogens with one attached hydrogen (secondary N) is 2. The van der Waals surface area contributed by atoms with Crippen LogP contribution in [0.1, 0.15) is 46.6 Å². The van der Waals surface area contributed by atoms with E-state index >= 15 is 0 Å². The number of aromatic nitrogens is 3. The number of hydrogen-bond acceptors (Lipinski definition) is 6. The first kappa shape index (κ1) is 25.2. The van der Waals surface area contributed by atoms with Gasteiger partial charge in [0, 0.05) is 24.3 Å². The van der Waals surface area contributed by atoms with Crippen LogP contribution in [0.5, 0.6) is 5.75 Å². The Morgan fingerprint density at radius 2 is 2.03 bits per heavy atom. The van der Waals surface area contributed by atoms with Crippen LogP contribution in [0.3, 0.4) is 0 Å². The number of rotatable bonds is 7. The molecule has 3 rings (SSSR count). The number of methoxy groups -OCH3 is 1. The predicted molar refractivity (Wildman–Crippen MR) is 132 cm³/mol. The number of nitrogens with zero attached hydrogens (tertiary/aromatic N) is 3. The lowest BCUT2D eigenvalue weighted by Gasteiger charge is -2.50. The molecule has 2 aromatic heterocycles. The third-order valence-electron chi connectivity index (χ3n) is 7.66. The fourth-order valence-electron chi connectivity index (χ4n) is 4.57. The molecule has 2 N–H and O–H groups in total. The van der Waals surface area contributed by atoms with Crippen molar-refractivity contribution in [3.63, 3.8) is 0 Å². The molecule has 4 atom stereocenters. The molecular weight excluding hydrogens is 486 g/mol. The highest BCUT2D eigenvalue weighted by Crippen LogP contribution is 2.48. The largest absolute Gasteiger partial charge is 0.495 e. The molecule has 0 aliphatic heterocycles. The van der Waals surface area contributed by atoms with E-state index in [0.717, 1.165) is 16.7 Å². The summed E-state index contributed by atoms with van der Waals surface area (Å²) in [6.45, 7) is 11.6. The summed E-state index contributed by atoms with van der Waals surface area (Å²) in [4.78, 5) is 29.3. The van der Waals surface area contributed by atoms with Crippen LogP contribution in [0.25, 0.3) is 0 Å². The summed E-state index contributed by atoms with van der Waals surface area (Å²) in [6, 6.07) is 2.02. The molecule has 2 heterocycles. The van der Waals surface area contributed by atoms with E-state index in [0.29, 0.717) is 33.7 Å². The van der Waals surface area contributed by atoms with Gasteiger partial charge in [0.1, 0.15) is 16.8 Å². The molecule has 1 aliphatic carbocycles.